The normalized spacial score (nSPS) is 13.4. The Morgan fingerprint density at radius 1 is 1.03 bits per heavy atom. The standard InChI is InChI=1S/C25H36N6O4/c1-5-7-12-31(25(33)26-6-2)18-24(32)30-15-13-29(14-16-30)23-11-10-21(27-28-23)20-9-8-19(34-3)17-22(20)35-4/h8-11,17H,5-7,12-16,18H2,1-4H3,(H,26,33). The summed E-state index contributed by atoms with van der Waals surface area (Å²) in [5, 5.41) is 11.6. The van der Waals surface area contributed by atoms with Crippen molar-refractivity contribution in [2.75, 3.05) is 64.9 Å². The molecule has 1 fully saturated rings. The number of nitrogens with one attached hydrogen (secondary N) is 1. The summed E-state index contributed by atoms with van der Waals surface area (Å²) in [7, 11) is 3.22. The lowest BCUT2D eigenvalue weighted by molar-refractivity contribution is -0.132. The number of urea groups is 1. The van der Waals surface area contributed by atoms with Gasteiger partial charge in [-0.2, -0.15) is 0 Å². The van der Waals surface area contributed by atoms with Gasteiger partial charge in [-0.1, -0.05) is 13.3 Å². The molecule has 0 aliphatic carbocycles. The number of ether oxygens (including phenoxy) is 2. The largest absolute Gasteiger partial charge is 0.497 e. The van der Waals surface area contributed by atoms with Crippen LogP contribution in [0, 0.1) is 0 Å². The molecule has 1 N–H and O–H groups in total. The number of unbranched alkanes of at least 4 members (excludes halogenated alkanes) is 1. The minimum absolute atomic E-state index is 0.0277. The summed E-state index contributed by atoms with van der Waals surface area (Å²) in [6.07, 6.45) is 1.84. The van der Waals surface area contributed by atoms with Crippen LogP contribution in [-0.2, 0) is 4.79 Å². The summed E-state index contributed by atoms with van der Waals surface area (Å²) in [4.78, 5) is 30.7. The van der Waals surface area contributed by atoms with Gasteiger partial charge in [0, 0.05) is 50.9 Å². The Morgan fingerprint density at radius 3 is 2.40 bits per heavy atom. The van der Waals surface area contributed by atoms with Crippen molar-refractivity contribution in [2.24, 2.45) is 0 Å². The van der Waals surface area contributed by atoms with Gasteiger partial charge in [0.2, 0.25) is 5.91 Å². The molecular weight excluding hydrogens is 448 g/mol. The summed E-state index contributed by atoms with van der Waals surface area (Å²) in [5.74, 6) is 2.11. The van der Waals surface area contributed by atoms with Gasteiger partial charge in [-0.25, -0.2) is 4.79 Å². The zero-order valence-corrected chi connectivity index (χ0v) is 21.1. The van der Waals surface area contributed by atoms with Gasteiger partial charge in [-0.3, -0.25) is 4.79 Å². The van der Waals surface area contributed by atoms with Crippen LogP contribution in [0.15, 0.2) is 30.3 Å². The molecule has 1 aliphatic rings. The van der Waals surface area contributed by atoms with Crippen molar-refractivity contribution in [3.63, 3.8) is 0 Å². The fraction of sp³-hybridized carbons (Fsp3) is 0.520. The topological polar surface area (TPSA) is 100 Å². The molecule has 0 atom stereocenters. The van der Waals surface area contributed by atoms with Crippen molar-refractivity contribution >= 4 is 17.8 Å². The maximum atomic E-state index is 12.9. The minimum atomic E-state index is -0.184. The number of anilines is 1. The van der Waals surface area contributed by atoms with E-state index in [0.29, 0.717) is 56.5 Å². The number of carbonyl (C=O) groups is 2. The fourth-order valence-electron chi connectivity index (χ4n) is 3.96. The first kappa shape index (κ1) is 26.1. The van der Waals surface area contributed by atoms with Gasteiger partial charge in [0.15, 0.2) is 5.82 Å². The smallest absolute Gasteiger partial charge is 0.317 e. The van der Waals surface area contributed by atoms with Gasteiger partial charge in [0.05, 0.1) is 19.9 Å². The second-order valence-corrected chi connectivity index (χ2v) is 8.32. The van der Waals surface area contributed by atoms with Crippen molar-refractivity contribution < 1.29 is 19.1 Å². The lowest BCUT2D eigenvalue weighted by Crippen LogP contribution is -2.53. The average Bonchev–Trinajstić information content (AvgIpc) is 2.90. The number of hydrogen-bond acceptors (Lipinski definition) is 7. The number of benzene rings is 1. The second kappa shape index (κ2) is 12.8. The summed E-state index contributed by atoms with van der Waals surface area (Å²) in [6, 6.07) is 9.25. The molecule has 0 bridgehead atoms. The monoisotopic (exact) mass is 484 g/mol. The molecule has 2 heterocycles. The fourth-order valence-corrected chi connectivity index (χ4v) is 3.96. The van der Waals surface area contributed by atoms with Crippen molar-refractivity contribution in [3.8, 4) is 22.8 Å². The summed E-state index contributed by atoms with van der Waals surface area (Å²) >= 11 is 0. The van der Waals surface area contributed by atoms with E-state index in [9.17, 15) is 9.59 Å². The first-order chi connectivity index (χ1) is 17.0. The third-order valence-corrected chi connectivity index (χ3v) is 6.01. The van der Waals surface area contributed by atoms with Gasteiger partial charge >= 0.3 is 6.03 Å². The first-order valence-corrected chi connectivity index (χ1v) is 12.1. The van der Waals surface area contributed by atoms with Gasteiger partial charge < -0.3 is 29.5 Å². The highest BCUT2D eigenvalue weighted by atomic mass is 16.5. The third kappa shape index (κ3) is 6.74. The highest BCUT2D eigenvalue weighted by Crippen LogP contribution is 2.32. The molecule has 3 rings (SSSR count). The van der Waals surface area contributed by atoms with Gasteiger partial charge in [0.25, 0.3) is 0 Å². The first-order valence-electron chi connectivity index (χ1n) is 12.1. The van der Waals surface area contributed by atoms with Gasteiger partial charge in [0.1, 0.15) is 18.0 Å². The lowest BCUT2D eigenvalue weighted by atomic mass is 10.1. The van der Waals surface area contributed by atoms with Crippen LogP contribution in [0.3, 0.4) is 0 Å². The quantitative estimate of drug-likeness (QED) is 0.553. The van der Waals surface area contributed by atoms with E-state index in [1.54, 1.807) is 19.1 Å². The lowest BCUT2D eigenvalue weighted by Gasteiger charge is -2.36. The van der Waals surface area contributed by atoms with Gasteiger partial charge in [-0.15, -0.1) is 10.2 Å². The molecule has 1 aliphatic heterocycles. The van der Waals surface area contributed by atoms with Crippen LogP contribution < -0.4 is 19.7 Å². The van der Waals surface area contributed by atoms with E-state index in [2.05, 4.69) is 27.3 Å². The minimum Gasteiger partial charge on any atom is -0.497 e. The maximum absolute atomic E-state index is 12.9. The van der Waals surface area contributed by atoms with Crippen LogP contribution in [-0.4, -0.2) is 92.0 Å². The molecule has 190 valence electrons. The van der Waals surface area contributed by atoms with E-state index in [1.165, 1.54) is 0 Å². The molecular formula is C25H36N6O4. The Morgan fingerprint density at radius 2 is 1.80 bits per heavy atom. The van der Waals surface area contributed by atoms with E-state index >= 15 is 0 Å². The molecule has 1 aromatic heterocycles. The van der Waals surface area contributed by atoms with Crippen molar-refractivity contribution in [2.45, 2.75) is 26.7 Å². The molecule has 3 amide bonds. The number of aromatic nitrogens is 2. The molecule has 0 unspecified atom stereocenters. The number of hydrogen-bond donors (Lipinski definition) is 1. The molecule has 0 radical (unpaired) electrons. The van der Waals surface area contributed by atoms with E-state index in [4.69, 9.17) is 9.47 Å². The molecule has 1 saturated heterocycles. The van der Waals surface area contributed by atoms with Crippen LogP contribution >= 0.6 is 0 Å². The molecule has 0 saturated carbocycles. The molecule has 10 heteroatoms. The maximum Gasteiger partial charge on any atom is 0.317 e. The number of amides is 3. The SMILES string of the molecule is CCCCN(CC(=O)N1CCN(c2ccc(-c3ccc(OC)cc3OC)nn2)CC1)C(=O)NCC. The number of nitrogens with zero attached hydrogens (tertiary/aromatic N) is 5. The Kier molecular flexibility index (Phi) is 9.51. The number of rotatable bonds is 10. The number of methoxy groups -OCH3 is 2. The predicted octanol–water partition coefficient (Wildman–Crippen LogP) is 2.64. The van der Waals surface area contributed by atoms with E-state index in [0.717, 1.165) is 24.2 Å². The Labute approximate surface area is 207 Å². The predicted molar refractivity (Wildman–Crippen MR) is 135 cm³/mol. The van der Waals surface area contributed by atoms with Crippen LogP contribution in [0.1, 0.15) is 26.7 Å². The molecule has 35 heavy (non-hydrogen) atoms. The third-order valence-electron chi connectivity index (χ3n) is 6.01. The average molecular weight is 485 g/mol. The van der Waals surface area contributed by atoms with Crippen LogP contribution in [0.25, 0.3) is 11.3 Å². The summed E-state index contributed by atoms with van der Waals surface area (Å²) in [6.45, 7) is 7.62. The van der Waals surface area contributed by atoms with E-state index in [1.807, 2.05) is 42.2 Å². The van der Waals surface area contributed by atoms with Crippen LogP contribution in [0.2, 0.25) is 0 Å². The summed E-state index contributed by atoms with van der Waals surface area (Å²) in [5.41, 5.74) is 1.54. The van der Waals surface area contributed by atoms with Crippen LogP contribution in [0.4, 0.5) is 10.6 Å². The molecule has 2 aromatic rings. The number of piperazine rings is 1. The van der Waals surface area contributed by atoms with Gasteiger partial charge in [-0.05, 0) is 37.6 Å². The Bertz CT molecular complexity index is 976. The number of carbonyl (C=O) groups excluding carboxylic acids is 2. The van der Waals surface area contributed by atoms with E-state index < -0.39 is 0 Å². The highest BCUT2D eigenvalue weighted by Gasteiger charge is 2.25. The zero-order chi connectivity index (χ0) is 25.2. The van der Waals surface area contributed by atoms with Crippen molar-refractivity contribution in [3.05, 3.63) is 30.3 Å². The molecule has 1 aromatic carbocycles. The molecule has 10 nitrogen and oxygen atoms in total. The van der Waals surface area contributed by atoms with Crippen molar-refractivity contribution in [1.82, 2.24) is 25.3 Å². The molecule has 0 spiro atoms. The van der Waals surface area contributed by atoms with Crippen molar-refractivity contribution in [1.29, 1.82) is 0 Å². The van der Waals surface area contributed by atoms with Crippen LogP contribution in [0.5, 0.6) is 11.5 Å². The highest BCUT2D eigenvalue weighted by molar-refractivity contribution is 5.84. The summed E-state index contributed by atoms with van der Waals surface area (Å²) < 4.78 is 10.7. The van der Waals surface area contributed by atoms with E-state index in [-0.39, 0.29) is 18.5 Å². The second-order valence-electron chi connectivity index (χ2n) is 8.32. The Balaban J connectivity index is 1.58. The Hall–Kier alpha value is -3.56. The zero-order valence-electron chi connectivity index (χ0n) is 21.1.